The number of nitrogens with one attached hydrogen (secondary N) is 1. The minimum Gasteiger partial charge on any atom is -0.462 e. The Balaban J connectivity index is 1.93. The number of aryl methyl sites for hydroxylation is 1. The summed E-state index contributed by atoms with van der Waals surface area (Å²) in [4.78, 5) is 38.3. The van der Waals surface area contributed by atoms with E-state index in [1.165, 1.54) is 0 Å². The van der Waals surface area contributed by atoms with Gasteiger partial charge in [-0.3, -0.25) is 4.79 Å². The van der Waals surface area contributed by atoms with Crippen molar-refractivity contribution in [3.8, 4) is 0 Å². The van der Waals surface area contributed by atoms with Gasteiger partial charge in [-0.05, 0) is 50.5 Å². The van der Waals surface area contributed by atoms with E-state index in [1.54, 1.807) is 20.8 Å². The largest absolute Gasteiger partial charge is 0.462 e. The van der Waals surface area contributed by atoms with Gasteiger partial charge in [-0.1, -0.05) is 25.9 Å². The van der Waals surface area contributed by atoms with Gasteiger partial charge in [0.2, 0.25) is 0 Å². The lowest BCUT2D eigenvalue weighted by Crippen LogP contribution is -2.27. The van der Waals surface area contributed by atoms with Crippen molar-refractivity contribution in [1.82, 2.24) is 5.16 Å². The molecule has 0 aromatic carbocycles. The maximum absolute atomic E-state index is 13.2. The van der Waals surface area contributed by atoms with Gasteiger partial charge in [-0.2, -0.15) is 0 Å². The van der Waals surface area contributed by atoms with Crippen molar-refractivity contribution in [2.75, 3.05) is 18.5 Å². The predicted molar refractivity (Wildman–Crippen MR) is 120 cm³/mol. The molecule has 8 nitrogen and oxygen atoms in total. The Hall–Kier alpha value is -2.68. The van der Waals surface area contributed by atoms with Crippen LogP contribution in [0.25, 0.3) is 0 Å². The molecule has 3 rings (SSSR count). The first kappa shape index (κ1) is 24.0. The van der Waals surface area contributed by atoms with Crippen LogP contribution in [0.3, 0.4) is 0 Å². The molecule has 0 unspecified atom stereocenters. The van der Waals surface area contributed by atoms with E-state index in [-0.39, 0.29) is 39.8 Å². The molecule has 1 aliphatic rings. The number of carbonyl (C=O) groups is 3. The summed E-state index contributed by atoms with van der Waals surface area (Å²) in [6, 6.07) is 0. The number of hydrogen-bond donors (Lipinski definition) is 1. The summed E-state index contributed by atoms with van der Waals surface area (Å²) in [6.07, 6.45) is 2.41. The van der Waals surface area contributed by atoms with Crippen LogP contribution in [0, 0.1) is 18.3 Å². The average molecular weight is 463 g/mol. The van der Waals surface area contributed by atoms with Crippen molar-refractivity contribution >= 4 is 34.2 Å². The molecule has 1 N–H and O–H groups in total. The van der Waals surface area contributed by atoms with E-state index in [2.05, 4.69) is 31.2 Å². The Morgan fingerprint density at radius 2 is 1.81 bits per heavy atom. The molecule has 0 radical (unpaired) electrons. The first-order chi connectivity index (χ1) is 15.1. The molecule has 0 aliphatic heterocycles. The number of rotatable bonds is 6. The molecular weight excluding hydrogens is 432 g/mol. The molecule has 1 amide bonds. The van der Waals surface area contributed by atoms with Crippen LogP contribution < -0.4 is 5.32 Å². The van der Waals surface area contributed by atoms with Crippen LogP contribution >= 0.6 is 11.3 Å². The highest BCUT2D eigenvalue weighted by molar-refractivity contribution is 7.18. The fourth-order valence-electron chi connectivity index (χ4n) is 3.93. The molecule has 0 fully saturated rings. The molecule has 0 saturated heterocycles. The van der Waals surface area contributed by atoms with Crippen LogP contribution in [0.1, 0.15) is 88.4 Å². The molecule has 0 saturated carbocycles. The number of anilines is 1. The summed E-state index contributed by atoms with van der Waals surface area (Å²) in [5.41, 5.74) is 1.69. The lowest BCUT2D eigenvalue weighted by molar-refractivity contribution is 0.0527. The molecule has 0 spiro atoms. The molecular formula is C23H30N2O6S. The Bertz CT molecular complexity index is 1030. The number of carbonyl (C=O) groups excluding carboxylic acids is 3. The molecule has 32 heavy (non-hydrogen) atoms. The van der Waals surface area contributed by atoms with E-state index in [1.807, 2.05) is 0 Å². The van der Waals surface area contributed by atoms with Gasteiger partial charge in [-0.15, -0.1) is 11.3 Å². The van der Waals surface area contributed by atoms with Crippen molar-refractivity contribution in [1.29, 1.82) is 0 Å². The quantitative estimate of drug-likeness (QED) is 0.614. The molecule has 1 aliphatic carbocycles. The predicted octanol–water partition coefficient (Wildman–Crippen LogP) is 4.80. The van der Waals surface area contributed by atoms with Crippen molar-refractivity contribution in [2.24, 2.45) is 11.3 Å². The number of thiophene rings is 1. The van der Waals surface area contributed by atoms with E-state index in [9.17, 15) is 14.4 Å². The monoisotopic (exact) mass is 462 g/mol. The third-order valence-corrected chi connectivity index (χ3v) is 6.98. The lowest BCUT2D eigenvalue weighted by atomic mass is 9.71. The maximum Gasteiger partial charge on any atom is 0.348 e. The number of fused-ring (bicyclic) bond motifs is 1. The Kier molecular flexibility index (Phi) is 7.07. The summed E-state index contributed by atoms with van der Waals surface area (Å²) in [5.74, 6) is -0.506. The Morgan fingerprint density at radius 1 is 1.16 bits per heavy atom. The minimum atomic E-state index is -0.609. The van der Waals surface area contributed by atoms with Gasteiger partial charge >= 0.3 is 11.9 Å². The van der Waals surface area contributed by atoms with Crippen LogP contribution in [-0.2, 0) is 22.3 Å². The SMILES string of the molecule is CCOC(=O)c1sc(NC(=O)c2noc3c2C[C@H](C(C)(C)C)CC3)c(C(=O)OCC)c1C. The van der Waals surface area contributed by atoms with Crippen LogP contribution in [0.5, 0.6) is 0 Å². The first-order valence-electron chi connectivity index (χ1n) is 10.8. The lowest BCUT2D eigenvalue weighted by Gasteiger charge is -2.33. The van der Waals surface area contributed by atoms with Crippen molar-refractivity contribution < 1.29 is 28.4 Å². The van der Waals surface area contributed by atoms with Gasteiger partial charge in [0.05, 0.1) is 18.8 Å². The highest BCUT2D eigenvalue weighted by atomic mass is 32.1. The highest BCUT2D eigenvalue weighted by Gasteiger charge is 2.35. The fourth-order valence-corrected chi connectivity index (χ4v) is 5.01. The number of amides is 1. The zero-order valence-corrected chi connectivity index (χ0v) is 20.2. The number of aromatic nitrogens is 1. The van der Waals surface area contributed by atoms with Crippen LogP contribution in [0.15, 0.2) is 4.52 Å². The van der Waals surface area contributed by atoms with E-state index in [0.717, 1.165) is 35.5 Å². The smallest absolute Gasteiger partial charge is 0.348 e. The van der Waals surface area contributed by atoms with E-state index in [4.69, 9.17) is 14.0 Å². The zero-order valence-electron chi connectivity index (χ0n) is 19.4. The summed E-state index contributed by atoms with van der Waals surface area (Å²) in [7, 11) is 0. The van der Waals surface area contributed by atoms with Crippen LogP contribution in [-0.4, -0.2) is 36.2 Å². The van der Waals surface area contributed by atoms with E-state index >= 15 is 0 Å². The van der Waals surface area contributed by atoms with Crippen molar-refractivity contribution in [2.45, 2.75) is 60.8 Å². The second kappa shape index (κ2) is 9.44. The minimum absolute atomic E-state index is 0.0964. The standard InChI is InChI=1S/C23H30N2O6S/c1-7-29-21(27)16-12(3)18(22(28)30-8-2)32-20(16)24-19(26)17-14-11-13(23(4,5)6)9-10-15(14)31-25-17/h13H,7-11H2,1-6H3,(H,24,26)/t13-/m1/s1. The van der Waals surface area contributed by atoms with Gasteiger partial charge in [0, 0.05) is 12.0 Å². The van der Waals surface area contributed by atoms with Gasteiger partial charge < -0.3 is 19.3 Å². The zero-order chi connectivity index (χ0) is 23.6. The molecule has 9 heteroatoms. The van der Waals surface area contributed by atoms with Crippen LogP contribution in [0.2, 0.25) is 0 Å². The highest BCUT2D eigenvalue weighted by Crippen LogP contribution is 2.39. The second-order valence-corrected chi connectivity index (χ2v) is 9.91. The topological polar surface area (TPSA) is 108 Å². The van der Waals surface area contributed by atoms with Gasteiger partial charge in [0.15, 0.2) is 5.69 Å². The molecule has 2 aromatic heterocycles. The number of ether oxygens (including phenoxy) is 2. The van der Waals surface area contributed by atoms with Gasteiger partial charge in [0.25, 0.3) is 5.91 Å². The van der Waals surface area contributed by atoms with Gasteiger partial charge in [-0.25, -0.2) is 9.59 Å². The second-order valence-electron chi connectivity index (χ2n) is 8.89. The molecule has 2 aromatic rings. The molecule has 2 heterocycles. The van der Waals surface area contributed by atoms with E-state index in [0.29, 0.717) is 17.9 Å². The summed E-state index contributed by atoms with van der Waals surface area (Å²) >= 11 is 0.990. The third-order valence-electron chi connectivity index (χ3n) is 5.79. The molecule has 174 valence electrons. The molecule has 0 bridgehead atoms. The Labute approximate surface area is 191 Å². The average Bonchev–Trinajstić information content (AvgIpc) is 3.28. The fraction of sp³-hybridized carbons (Fsp3) is 0.565. The summed E-state index contributed by atoms with van der Waals surface area (Å²) < 4.78 is 15.7. The summed E-state index contributed by atoms with van der Waals surface area (Å²) in [6.45, 7) is 12.0. The molecule has 1 atom stereocenters. The maximum atomic E-state index is 13.2. The van der Waals surface area contributed by atoms with Gasteiger partial charge in [0.1, 0.15) is 15.6 Å². The normalized spacial score (nSPS) is 15.8. The van der Waals surface area contributed by atoms with Crippen LogP contribution in [0.4, 0.5) is 5.00 Å². The van der Waals surface area contributed by atoms with E-state index < -0.39 is 17.8 Å². The summed E-state index contributed by atoms with van der Waals surface area (Å²) in [5, 5.41) is 7.02. The number of hydrogen-bond acceptors (Lipinski definition) is 8. The van der Waals surface area contributed by atoms with Crippen molar-refractivity contribution in [3.63, 3.8) is 0 Å². The first-order valence-corrected chi connectivity index (χ1v) is 11.7. The third kappa shape index (κ3) is 4.72. The number of nitrogens with zero attached hydrogens (tertiary/aromatic N) is 1. The number of esters is 2. The van der Waals surface area contributed by atoms with Crippen molar-refractivity contribution in [3.05, 3.63) is 33.0 Å². The Morgan fingerprint density at radius 3 is 2.44 bits per heavy atom.